The second-order valence-electron chi connectivity index (χ2n) is 6.82. The largest absolute Gasteiger partial charge is 0.461 e. The van der Waals surface area contributed by atoms with E-state index in [0.717, 1.165) is 0 Å². The summed E-state index contributed by atoms with van der Waals surface area (Å²) in [5, 5.41) is 24.7. The molecular weight excluding hydrogens is 480 g/mol. The molecule has 0 saturated carbocycles. The summed E-state index contributed by atoms with van der Waals surface area (Å²) in [6, 6.07) is 14.3. The van der Waals surface area contributed by atoms with Crippen LogP contribution in [0.1, 0.15) is 22.8 Å². The normalized spacial score (nSPS) is 11.1. The van der Waals surface area contributed by atoms with E-state index in [1.165, 1.54) is 36.2 Å². The first-order valence-electron chi connectivity index (χ1n) is 9.98. The first-order valence-corrected chi connectivity index (χ1v) is 11.2. The Bertz CT molecular complexity index is 1370. The quantitative estimate of drug-likeness (QED) is 0.205. The number of nitrogens with zero attached hydrogens (tertiary/aromatic N) is 5. The average molecular weight is 497 g/mol. The third kappa shape index (κ3) is 5.16. The topological polar surface area (TPSA) is 128 Å². The van der Waals surface area contributed by atoms with Crippen molar-refractivity contribution in [3.05, 3.63) is 87.1 Å². The minimum atomic E-state index is -0.500. The highest BCUT2D eigenvalue weighted by Gasteiger charge is 2.18. The molecule has 2 heterocycles. The van der Waals surface area contributed by atoms with Crippen LogP contribution in [0.5, 0.6) is 0 Å². The van der Waals surface area contributed by atoms with Gasteiger partial charge < -0.3 is 4.42 Å². The van der Waals surface area contributed by atoms with Gasteiger partial charge in [0.2, 0.25) is 0 Å². The van der Waals surface area contributed by atoms with Crippen LogP contribution in [0.15, 0.2) is 80.4 Å². The lowest BCUT2D eigenvalue weighted by Gasteiger charge is -2.08. The molecule has 172 valence electrons. The molecule has 10 nitrogen and oxygen atoms in total. The van der Waals surface area contributed by atoms with Gasteiger partial charge in [-0.1, -0.05) is 17.7 Å². The number of halogens is 1. The monoisotopic (exact) mass is 496 g/mol. The smallest absolute Gasteiger partial charge is 0.271 e. The fraction of sp³-hybridized carbons (Fsp3) is 0.0909. The van der Waals surface area contributed by atoms with Crippen molar-refractivity contribution < 1.29 is 14.1 Å². The van der Waals surface area contributed by atoms with E-state index in [0.29, 0.717) is 44.3 Å². The van der Waals surface area contributed by atoms with Crippen LogP contribution in [0.2, 0.25) is 5.02 Å². The minimum absolute atomic E-state index is 0.111. The van der Waals surface area contributed by atoms with Crippen molar-refractivity contribution >= 4 is 41.2 Å². The second-order valence-corrected chi connectivity index (χ2v) is 8.26. The maximum absolute atomic E-state index is 12.3. The van der Waals surface area contributed by atoms with Gasteiger partial charge in [0, 0.05) is 39.7 Å². The Balaban J connectivity index is 1.61. The average Bonchev–Trinajstić information content (AvgIpc) is 3.49. The molecule has 4 rings (SSSR count). The first kappa shape index (κ1) is 23.2. The van der Waals surface area contributed by atoms with E-state index in [4.69, 9.17) is 16.0 Å². The number of hydrogen-bond acceptors (Lipinski definition) is 8. The molecule has 12 heteroatoms. The Morgan fingerprint density at radius 3 is 2.82 bits per heavy atom. The van der Waals surface area contributed by atoms with Gasteiger partial charge in [0.05, 0.1) is 17.4 Å². The van der Waals surface area contributed by atoms with Crippen LogP contribution in [-0.2, 0) is 6.54 Å². The number of nitro groups is 1. The minimum Gasteiger partial charge on any atom is -0.461 e. The zero-order chi connectivity index (χ0) is 24.1. The first-order chi connectivity index (χ1) is 16.5. The van der Waals surface area contributed by atoms with Crippen molar-refractivity contribution in [2.24, 2.45) is 5.10 Å². The highest BCUT2D eigenvalue weighted by molar-refractivity contribution is 7.99. The third-order valence-electron chi connectivity index (χ3n) is 4.64. The molecule has 1 amide bonds. The number of aromatic nitrogens is 3. The molecule has 4 aromatic rings. The molecule has 34 heavy (non-hydrogen) atoms. The summed E-state index contributed by atoms with van der Waals surface area (Å²) in [4.78, 5) is 23.7. The highest BCUT2D eigenvalue weighted by atomic mass is 35.5. The van der Waals surface area contributed by atoms with Crippen LogP contribution in [-0.4, -0.2) is 31.8 Å². The summed E-state index contributed by atoms with van der Waals surface area (Å²) in [6.45, 7) is 2.53. The van der Waals surface area contributed by atoms with E-state index >= 15 is 0 Å². The summed E-state index contributed by atoms with van der Waals surface area (Å²) in [6.07, 6.45) is 2.90. The Morgan fingerprint density at radius 1 is 1.26 bits per heavy atom. The zero-order valence-corrected chi connectivity index (χ0v) is 19.3. The second kappa shape index (κ2) is 10.3. The van der Waals surface area contributed by atoms with Crippen LogP contribution in [0.4, 0.5) is 5.69 Å². The number of hydrogen-bond donors (Lipinski definition) is 1. The summed E-state index contributed by atoms with van der Waals surface area (Å²) in [7, 11) is 0. The number of carbonyl (C=O) groups excluding carboxylic acids is 1. The molecule has 0 aliphatic carbocycles. The van der Waals surface area contributed by atoms with Crippen molar-refractivity contribution in [1.29, 1.82) is 0 Å². The van der Waals surface area contributed by atoms with Crippen molar-refractivity contribution in [1.82, 2.24) is 20.2 Å². The number of furan rings is 1. The number of hydrazone groups is 1. The molecule has 0 saturated heterocycles. The van der Waals surface area contributed by atoms with Gasteiger partial charge in [0.25, 0.3) is 11.6 Å². The fourth-order valence-corrected chi connectivity index (χ4v) is 4.19. The van der Waals surface area contributed by atoms with Gasteiger partial charge in [0.15, 0.2) is 16.7 Å². The molecule has 0 spiro atoms. The zero-order valence-electron chi connectivity index (χ0n) is 17.7. The lowest BCUT2D eigenvalue weighted by atomic mass is 10.2. The predicted octanol–water partition coefficient (Wildman–Crippen LogP) is 5.03. The van der Waals surface area contributed by atoms with E-state index in [9.17, 15) is 14.9 Å². The highest BCUT2D eigenvalue weighted by Crippen LogP contribution is 2.33. The van der Waals surface area contributed by atoms with Gasteiger partial charge in [-0.2, -0.15) is 5.10 Å². The fourth-order valence-electron chi connectivity index (χ4n) is 3.03. The van der Waals surface area contributed by atoms with Gasteiger partial charge in [-0.25, -0.2) is 5.43 Å². The van der Waals surface area contributed by atoms with E-state index < -0.39 is 10.8 Å². The molecule has 0 fully saturated rings. The number of benzene rings is 2. The van der Waals surface area contributed by atoms with E-state index in [2.05, 4.69) is 20.7 Å². The molecule has 0 aliphatic heterocycles. The van der Waals surface area contributed by atoms with Crippen LogP contribution < -0.4 is 5.43 Å². The van der Waals surface area contributed by atoms with Gasteiger partial charge in [-0.05, 0) is 55.1 Å². The van der Waals surface area contributed by atoms with Crippen LogP contribution in [0, 0.1) is 10.1 Å². The summed E-state index contributed by atoms with van der Waals surface area (Å²) < 4.78 is 7.30. The van der Waals surface area contributed by atoms with E-state index in [1.807, 2.05) is 11.5 Å². The SMILES string of the molecule is CCn1c(Sc2ccc([N+](=O)[O-])cc2/C=N\NC(=O)c2cccc(Cl)c2)nnc1-c1ccco1. The molecule has 0 unspecified atom stereocenters. The number of non-ortho nitro benzene ring substituents is 1. The molecule has 2 aromatic heterocycles. The lowest BCUT2D eigenvalue weighted by molar-refractivity contribution is -0.384. The summed E-state index contributed by atoms with van der Waals surface area (Å²) in [5.41, 5.74) is 3.06. The summed E-state index contributed by atoms with van der Waals surface area (Å²) >= 11 is 7.18. The standard InChI is InChI=1S/C22H17ClN6O4S/c1-2-28-20(18-7-4-10-33-18)25-27-22(28)34-19-9-8-17(29(31)32)12-15(19)13-24-26-21(30)14-5-3-6-16(23)11-14/h3-13H,2H2,1H3,(H,26,30)/b24-13-. The number of nitro benzene ring substituents is 1. The van der Waals surface area contributed by atoms with Gasteiger partial charge in [-0.15, -0.1) is 10.2 Å². The maximum Gasteiger partial charge on any atom is 0.271 e. The lowest BCUT2D eigenvalue weighted by Crippen LogP contribution is -2.17. The van der Waals surface area contributed by atoms with Gasteiger partial charge in [0.1, 0.15) is 0 Å². The molecule has 2 aromatic carbocycles. The Hall–Kier alpha value is -3.96. The predicted molar refractivity (Wildman–Crippen MR) is 127 cm³/mol. The number of amides is 1. The molecule has 0 aliphatic rings. The van der Waals surface area contributed by atoms with Crippen molar-refractivity contribution in [2.75, 3.05) is 0 Å². The Labute approximate surface area is 202 Å². The molecule has 0 radical (unpaired) electrons. The molecular formula is C22H17ClN6O4S. The number of carbonyl (C=O) groups is 1. The Kier molecular flexibility index (Phi) is 7.04. The van der Waals surface area contributed by atoms with Crippen molar-refractivity contribution in [3.8, 4) is 11.6 Å². The van der Waals surface area contributed by atoms with Crippen molar-refractivity contribution in [2.45, 2.75) is 23.5 Å². The number of nitrogens with one attached hydrogen (secondary N) is 1. The summed E-state index contributed by atoms with van der Waals surface area (Å²) in [5.74, 6) is 0.684. The van der Waals surface area contributed by atoms with E-state index in [1.54, 1.807) is 42.7 Å². The van der Waals surface area contributed by atoms with Crippen LogP contribution in [0.25, 0.3) is 11.6 Å². The van der Waals surface area contributed by atoms with Crippen LogP contribution >= 0.6 is 23.4 Å². The molecule has 1 N–H and O–H groups in total. The van der Waals surface area contributed by atoms with Gasteiger partial charge >= 0.3 is 0 Å². The van der Waals surface area contributed by atoms with Crippen LogP contribution in [0.3, 0.4) is 0 Å². The van der Waals surface area contributed by atoms with Crippen molar-refractivity contribution in [3.63, 3.8) is 0 Å². The third-order valence-corrected chi connectivity index (χ3v) is 5.95. The molecule has 0 atom stereocenters. The number of rotatable bonds is 8. The molecule has 0 bridgehead atoms. The Morgan fingerprint density at radius 2 is 2.12 bits per heavy atom. The maximum atomic E-state index is 12.3. The van der Waals surface area contributed by atoms with Gasteiger partial charge in [-0.3, -0.25) is 19.5 Å². The van der Waals surface area contributed by atoms with E-state index in [-0.39, 0.29) is 5.69 Å².